The summed E-state index contributed by atoms with van der Waals surface area (Å²) >= 11 is 0. The van der Waals surface area contributed by atoms with E-state index >= 15 is 0 Å². The van der Waals surface area contributed by atoms with E-state index in [9.17, 15) is 13.2 Å². The van der Waals surface area contributed by atoms with Crippen LogP contribution in [0, 0.1) is 0 Å². The quantitative estimate of drug-likeness (QED) is 0.631. The second-order valence-corrected chi connectivity index (χ2v) is 8.58. The van der Waals surface area contributed by atoms with E-state index in [1.165, 1.54) is 4.57 Å². The lowest BCUT2D eigenvalue weighted by Crippen LogP contribution is -2.50. The third kappa shape index (κ3) is 3.55. The Kier molecular flexibility index (Phi) is 4.71. The molecular weight excluding hydrogens is 380 g/mol. The highest BCUT2D eigenvalue weighted by Crippen LogP contribution is 2.20. The number of para-hydroxylation sites is 2. The second kappa shape index (κ2) is 7.19. The third-order valence-corrected chi connectivity index (χ3v) is 5.73. The zero-order valence-corrected chi connectivity index (χ0v) is 16.2. The van der Waals surface area contributed by atoms with Gasteiger partial charge in [-0.05, 0) is 12.1 Å². The number of benzene rings is 1. The Balaban J connectivity index is 1.52. The van der Waals surface area contributed by atoms with E-state index in [2.05, 4.69) is 19.9 Å². The molecule has 3 aromatic rings. The van der Waals surface area contributed by atoms with Crippen LogP contribution in [0.25, 0.3) is 11.0 Å². The van der Waals surface area contributed by atoms with Crippen LogP contribution in [0.1, 0.15) is 0 Å². The molecule has 0 N–H and O–H groups in total. The number of sulfone groups is 1. The number of anilines is 1. The number of rotatable bonds is 4. The number of hydrogen-bond donors (Lipinski definition) is 0. The lowest BCUT2D eigenvalue weighted by Gasteiger charge is -2.35. The Morgan fingerprint density at radius 1 is 1.11 bits per heavy atom. The number of aromatic nitrogens is 4. The molecular formula is C18H20N6O3S. The predicted molar refractivity (Wildman–Crippen MR) is 104 cm³/mol. The van der Waals surface area contributed by atoms with Crippen molar-refractivity contribution in [3.8, 4) is 0 Å². The molecule has 28 heavy (non-hydrogen) atoms. The van der Waals surface area contributed by atoms with E-state index in [0.29, 0.717) is 37.2 Å². The largest absolute Gasteiger partial charge is 0.352 e. The molecule has 10 heteroatoms. The summed E-state index contributed by atoms with van der Waals surface area (Å²) in [6.07, 6.45) is 6.07. The van der Waals surface area contributed by atoms with Crippen LogP contribution >= 0.6 is 0 Å². The summed E-state index contributed by atoms with van der Waals surface area (Å²) in [5, 5.41) is -0.0831. The molecule has 1 aliphatic heterocycles. The summed E-state index contributed by atoms with van der Waals surface area (Å²) in [5.41, 5.74) is 1.19. The summed E-state index contributed by atoms with van der Waals surface area (Å²) in [4.78, 5) is 29.3. The van der Waals surface area contributed by atoms with E-state index < -0.39 is 9.84 Å². The maximum Gasteiger partial charge on any atom is 0.242 e. The van der Waals surface area contributed by atoms with E-state index in [1.807, 2.05) is 0 Å². The van der Waals surface area contributed by atoms with Crippen molar-refractivity contribution in [2.75, 3.05) is 37.3 Å². The summed E-state index contributed by atoms with van der Waals surface area (Å²) in [7, 11) is -3.56. The fraction of sp³-hybridized carbons (Fsp3) is 0.333. The predicted octanol–water partition coefficient (Wildman–Crippen LogP) is 0.579. The third-order valence-electron chi connectivity index (χ3n) is 4.75. The summed E-state index contributed by atoms with van der Waals surface area (Å²) < 4.78 is 25.8. The van der Waals surface area contributed by atoms with Crippen LogP contribution in [0.5, 0.6) is 0 Å². The van der Waals surface area contributed by atoms with Gasteiger partial charge in [0.05, 0.1) is 17.2 Å². The van der Waals surface area contributed by atoms with Gasteiger partial charge in [0, 0.05) is 44.8 Å². The number of amides is 1. The van der Waals surface area contributed by atoms with E-state index in [1.54, 1.807) is 47.8 Å². The Hall–Kier alpha value is -3.01. The molecule has 0 saturated carbocycles. The number of carbonyl (C=O) groups excluding carboxylic acids is 1. The van der Waals surface area contributed by atoms with Gasteiger partial charge < -0.3 is 14.4 Å². The molecule has 2 aromatic heterocycles. The molecule has 0 atom stereocenters. The first-order valence-corrected chi connectivity index (χ1v) is 10.8. The summed E-state index contributed by atoms with van der Waals surface area (Å²) in [6.45, 7) is 2.31. The first-order chi connectivity index (χ1) is 13.4. The van der Waals surface area contributed by atoms with Gasteiger partial charge in [-0.3, -0.25) is 9.78 Å². The van der Waals surface area contributed by atoms with Crippen molar-refractivity contribution in [3.63, 3.8) is 0 Å². The number of hydrogen-bond acceptors (Lipinski definition) is 7. The Morgan fingerprint density at radius 3 is 2.54 bits per heavy atom. The van der Waals surface area contributed by atoms with Crippen molar-refractivity contribution in [3.05, 3.63) is 42.9 Å². The van der Waals surface area contributed by atoms with Crippen LogP contribution in [0.3, 0.4) is 0 Å². The first kappa shape index (κ1) is 18.4. The monoisotopic (exact) mass is 400 g/mol. The molecule has 1 saturated heterocycles. The maximum atomic E-state index is 12.9. The van der Waals surface area contributed by atoms with Crippen LogP contribution in [0.15, 0.2) is 48.0 Å². The van der Waals surface area contributed by atoms with Crippen molar-refractivity contribution >= 4 is 32.6 Å². The highest BCUT2D eigenvalue weighted by atomic mass is 32.2. The molecule has 0 aliphatic carbocycles. The fourth-order valence-corrected chi connectivity index (χ4v) is 4.19. The average Bonchev–Trinajstić information content (AvgIpc) is 3.08. The van der Waals surface area contributed by atoms with E-state index in [0.717, 1.165) is 12.1 Å². The molecule has 1 fully saturated rings. The molecule has 0 bridgehead atoms. The normalized spacial score (nSPS) is 15.2. The minimum Gasteiger partial charge on any atom is -0.352 e. The number of nitrogens with zero attached hydrogens (tertiary/aromatic N) is 6. The van der Waals surface area contributed by atoms with Crippen molar-refractivity contribution in [2.45, 2.75) is 11.7 Å². The van der Waals surface area contributed by atoms with E-state index in [-0.39, 0.29) is 17.6 Å². The number of fused-ring (bicyclic) bond motifs is 1. The van der Waals surface area contributed by atoms with Gasteiger partial charge in [-0.1, -0.05) is 12.1 Å². The Labute approximate surface area is 162 Å². The first-order valence-electron chi connectivity index (χ1n) is 8.87. The van der Waals surface area contributed by atoms with Gasteiger partial charge in [-0.2, -0.15) is 0 Å². The van der Waals surface area contributed by atoms with Gasteiger partial charge in [0.1, 0.15) is 12.4 Å². The Bertz CT molecular complexity index is 1100. The maximum absolute atomic E-state index is 12.9. The molecule has 1 aliphatic rings. The Morgan fingerprint density at radius 2 is 1.86 bits per heavy atom. The summed E-state index contributed by atoms with van der Waals surface area (Å²) in [5.74, 6) is 0.654. The smallest absolute Gasteiger partial charge is 0.242 e. The van der Waals surface area contributed by atoms with E-state index in [4.69, 9.17) is 0 Å². The van der Waals surface area contributed by atoms with Gasteiger partial charge in [-0.25, -0.2) is 18.4 Å². The molecule has 0 spiro atoms. The number of imidazole rings is 1. The number of carbonyl (C=O) groups is 1. The van der Waals surface area contributed by atoms with Crippen LogP contribution in [-0.2, 0) is 21.2 Å². The molecule has 3 heterocycles. The molecule has 0 radical (unpaired) electrons. The van der Waals surface area contributed by atoms with Crippen molar-refractivity contribution in [1.82, 2.24) is 24.4 Å². The standard InChI is InChI=1S/C18H20N6O3S/c1-28(26,27)18-21-14-4-2-3-5-15(14)24(18)13-17(25)23-10-8-22(9-11-23)16-12-19-6-7-20-16/h2-7,12H,8-11,13H2,1H3. The highest BCUT2D eigenvalue weighted by Gasteiger charge is 2.25. The second-order valence-electron chi connectivity index (χ2n) is 6.67. The number of piperazine rings is 1. The minimum atomic E-state index is -3.56. The fourth-order valence-electron chi connectivity index (χ4n) is 3.36. The summed E-state index contributed by atoms with van der Waals surface area (Å²) in [6, 6.07) is 7.11. The molecule has 9 nitrogen and oxygen atoms in total. The van der Waals surface area contributed by atoms with Crippen LogP contribution in [-0.4, -0.2) is 71.2 Å². The SMILES string of the molecule is CS(=O)(=O)c1nc2ccccc2n1CC(=O)N1CCN(c2cnccn2)CC1. The van der Waals surface area contributed by atoms with Gasteiger partial charge in [-0.15, -0.1) is 0 Å². The van der Waals surface area contributed by atoms with Gasteiger partial charge >= 0.3 is 0 Å². The van der Waals surface area contributed by atoms with Gasteiger partial charge in [0.15, 0.2) is 0 Å². The minimum absolute atomic E-state index is 0.0614. The zero-order valence-electron chi connectivity index (χ0n) is 15.4. The van der Waals surface area contributed by atoms with Crippen LogP contribution in [0.2, 0.25) is 0 Å². The lowest BCUT2D eigenvalue weighted by atomic mass is 10.3. The van der Waals surface area contributed by atoms with Gasteiger partial charge in [0.2, 0.25) is 20.9 Å². The van der Waals surface area contributed by atoms with Crippen LogP contribution < -0.4 is 4.90 Å². The van der Waals surface area contributed by atoms with Crippen molar-refractivity contribution < 1.29 is 13.2 Å². The van der Waals surface area contributed by atoms with Gasteiger partial charge in [0.25, 0.3) is 0 Å². The molecule has 146 valence electrons. The lowest BCUT2D eigenvalue weighted by molar-refractivity contribution is -0.132. The van der Waals surface area contributed by atoms with Crippen LogP contribution in [0.4, 0.5) is 5.82 Å². The molecule has 4 rings (SSSR count). The highest BCUT2D eigenvalue weighted by molar-refractivity contribution is 7.90. The molecule has 0 unspecified atom stereocenters. The molecule has 1 aromatic carbocycles. The average molecular weight is 400 g/mol. The topological polar surface area (TPSA) is 101 Å². The zero-order chi connectivity index (χ0) is 19.7. The molecule has 1 amide bonds. The van der Waals surface area contributed by atoms with Crippen molar-refractivity contribution in [2.24, 2.45) is 0 Å². The van der Waals surface area contributed by atoms with Crippen molar-refractivity contribution in [1.29, 1.82) is 0 Å².